The van der Waals surface area contributed by atoms with E-state index in [0.29, 0.717) is 21.3 Å². The lowest BCUT2D eigenvalue weighted by atomic mass is 10.1. The largest absolute Gasteiger partial charge is 0.477 e. The highest BCUT2D eigenvalue weighted by atomic mass is 35.5. The van der Waals surface area contributed by atoms with E-state index in [1.165, 1.54) is 4.90 Å². The van der Waals surface area contributed by atoms with Gasteiger partial charge in [-0.05, 0) is 29.3 Å². The van der Waals surface area contributed by atoms with E-state index in [1.807, 2.05) is 30.3 Å². The van der Waals surface area contributed by atoms with Gasteiger partial charge in [0.2, 0.25) is 5.91 Å². The topological polar surface area (TPSA) is 57.6 Å². The summed E-state index contributed by atoms with van der Waals surface area (Å²) in [4.78, 5) is 27.2. The average molecular weight is 446 g/mol. The number of hydrogen-bond acceptors (Lipinski definition) is 3. The van der Waals surface area contributed by atoms with Crippen LogP contribution < -0.4 is 4.90 Å². The molecule has 3 rings (SSSR count). The van der Waals surface area contributed by atoms with Crippen molar-refractivity contribution in [2.45, 2.75) is 6.42 Å². The summed E-state index contributed by atoms with van der Waals surface area (Å²) >= 11 is 13.5. The van der Waals surface area contributed by atoms with Gasteiger partial charge in [-0.25, -0.2) is 4.79 Å². The molecule has 3 aromatic rings. The number of anilines is 1. The fraction of sp³-hybridized carbons (Fsp3) is 0.0909. The number of aromatic carboxylic acids is 1. The summed E-state index contributed by atoms with van der Waals surface area (Å²) in [6, 6.07) is 16.2. The van der Waals surface area contributed by atoms with E-state index in [-0.39, 0.29) is 23.7 Å². The van der Waals surface area contributed by atoms with Crippen molar-refractivity contribution in [3.05, 3.63) is 87.7 Å². The van der Waals surface area contributed by atoms with Gasteiger partial charge >= 0.3 is 5.97 Å². The predicted octanol–water partition coefficient (Wildman–Crippen LogP) is 6.18. The number of amides is 1. The third-order valence-electron chi connectivity index (χ3n) is 4.26. The number of carbonyl (C=O) groups is 2. The molecule has 0 aliphatic carbocycles. The molecule has 1 aromatic heterocycles. The molecule has 0 bridgehead atoms. The van der Waals surface area contributed by atoms with Crippen LogP contribution in [0.3, 0.4) is 0 Å². The average Bonchev–Trinajstić information content (AvgIpc) is 3.15. The lowest BCUT2D eigenvalue weighted by molar-refractivity contribution is -0.117. The molecule has 0 fully saturated rings. The SMILES string of the molecule is C=CCN(C(=O)Cc1c(Cl)cccc1Cl)c1cc(-c2ccccc2)sc1C(=O)O. The van der Waals surface area contributed by atoms with E-state index in [2.05, 4.69) is 6.58 Å². The molecule has 0 unspecified atom stereocenters. The fourth-order valence-corrected chi connectivity index (χ4v) is 4.43. The Balaban J connectivity index is 2.02. The number of thiophene rings is 1. The molecule has 0 saturated carbocycles. The quantitative estimate of drug-likeness (QED) is 0.441. The summed E-state index contributed by atoms with van der Waals surface area (Å²) in [6.45, 7) is 3.86. The predicted molar refractivity (Wildman–Crippen MR) is 119 cm³/mol. The number of carboxylic acid groups (broad SMARTS) is 1. The van der Waals surface area contributed by atoms with E-state index < -0.39 is 5.97 Å². The summed E-state index contributed by atoms with van der Waals surface area (Å²) < 4.78 is 0. The maximum atomic E-state index is 13.1. The highest BCUT2D eigenvalue weighted by Crippen LogP contribution is 2.37. The Morgan fingerprint density at radius 2 is 1.72 bits per heavy atom. The molecule has 7 heteroatoms. The molecular formula is C22H17Cl2NO3S. The van der Waals surface area contributed by atoms with Crippen LogP contribution in [-0.4, -0.2) is 23.5 Å². The maximum absolute atomic E-state index is 13.1. The van der Waals surface area contributed by atoms with Gasteiger partial charge in [0.15, 0.2) is 0 Å². The zero-order valence-corrected chi connectivity index (χ0v) is 17.6. The minimum absolute atomic E-state index is 0.0536. The monoisotopic (exact) mass is 445 g/mol. The molecule has 0 saturated heterocycles. The number of carboxylic acids is 1. The van der Waals surface area contributed by atoms with Gasteiger partial charge in [-0.2, -0.15) is 0 Å². The third kappa shape index (κ3) is 4.70. The molecule has 2 aromatic carbocycles. The first-order valence-electron chi connectivity index (χ1n) is 8.69. The fourth-order valence-electron chi connectivity index (χ4n) is 2.89. The van der Waals surface area contributed by atoms with Gasteiger partial charge in [0.25, 0.3) is 0 Å². The highest BCUT2D eigenvalue weighted by molar-refractivity contribution is 7.18. The summed E-state index contributed by atoms with van der Waals surface area (Å²) in [7, 11) is 0. The number of rotatable bonds is 7. The minimum Gasteiger partial charge on any atom is -0.477 e. The van der Waals surface area contributed by atoms with Crippen LogP contribution in [-0.2, 0) is 11.2 Å². The smallest absolute Gasteiger partial charge is 0.348 e. The van der Waals surface area contributed by atoms with E-state index >= 15 is 0 Å². The number of carbonyl (C=O) groups excluding carboxylic acids is 1. The normalized spacial score (nSPS) is 10.6. The van der Waals surface area contributed by atoms with E-state index in [9.17, 15) is 14.7 Å². The van der Waals surface area contributed by atoms with Gasteiger partial charge < -0.3 is 10.0 Å². The highest BCUT2D eigenvalue weighted by Gasteiger charge is 2.25. The summed E-state index contributed by atoms with van der Waals surface area (Å²) in [5, 5.41) is 10.5. The van der Waals surface area contributed by atoms with Crippen molar-refractivity contribution < 1.29 is 14.7 Å². The van der Waals surface area contributed by atoms with Gasteiger partial charge in [-0.15, -0.1) is 17.9 Å². The molecule has 0 atom stereocenters. The second-order valence-electron chi connectivity index (χ2n) is 6.17. The molecule has 0 radical (unpaired) electrons. The maximum Gasteiger partial charge on any atom is 0.348 e. The second kappa shape index (κ2) is 9.27. The Bertz CT molecular complexity index is 1040. The lowest BCUT2D eigenvalue weighted by Gasteiger charge is -2.21. The molecule has 0 aliphatic heterocycles. The van der Waals surface area contributed by atoms with E-state index in [0.717, 1.165) is 21.8 Å². The first-order chi connectivity index (χ1) is 13.9. The molecule has 1 heterocycles. The van der Waals surface area contributed by atoms with Crippen LogP contribution in [0.1, 0.15) is 15.2 Å². The zero-order valence-electron chi connectivity index (χ0n) is 15.3. The van der Waals surface area contributed by atoms with Crippen LogP contribution in [0.15, 0.2) is 67.3 Å². The van der Waals surface area contributed by atoms with Gasteiger partial charge in [-0.1, -0.05) is 65.7 Å². The Morgan fingerprint density at radius 3 is 2.31 bits per heavy atom. The van der Waals surface area contributed by atoms with Crippen molar-refractivity contribution in [2.75, 3.05) is 11.4 Å². The van der Waals surface area contributed by atoms with Gasteiger partial charge in [-0.3, -0.25) is 4.79 Å². The van der Waals surface area contributed by atoms with Crippen molar-refractivity contribution in [1.29, 1.82) is 0 Å². The van der Waals surface area contributed by atoms with Crippen LogP contribution >= 0.6 is 34.5 Å². The Labute approximate surface area is 182 Å². The van der Waals surface area contributed by atoms with E-state index in [4.69, 9.17) is 23.2 Å². The molecular weight excluding hydrogens is 429 g/mol. The van der Waals surface area contributed by atoms with Crippen LogP contribution in [0, 0.1) is 0 Å². The van der Waals surface area contributed by atoms with Crippen LogP contribution in [0.4, 0.5) is 5.69 Å². The van der Waals surface area contributed by atoms with Crippen molar-refractivity contribution in [1.82, 2.24) is 0 Å². The number of hydrogen-bond donors (Lipinski definition) is 1. The Hall–Kier alpha value is -2.60. The molecule has 1 amide bonds. The summed E-state index contributed by atoms with van der Waals surface area (Å²) in [5.41, 5.74) is 1.71. The first kappa shape index (κ1) is 21.1. The van der Waals surface area contributed by atoms with Gasteiger partial charge in [0, 0.05) is 21.5 Å². The number of benzene rings is 2. The Morgan fingerprint density at radius 1 is 1.07 bits per heavy atom. The minimum atomic E-state index is -1.09. The van der Waals surface area contributed by atoms with Gasteiger partial charge in [0.1, 0.15) is 4.88 Å². The molecule has 148 valence electrons. The molecule has 29 heavy (non-hydrogen) atoms. The van der Waals surface area contributed by atoms with Crippen molar-refractivity contribution in [2.24, 2.45) is 0 Å². The van der Waals surface area contributed by atoms with Crippen LogP contribution in [0.5, 0.6) is 0 Å². The van der Waals surface area contributed by atoms with Gasteiger partial charge in [0.05, 0.1) is 12.1 Å². The lowest BCUT2D eigenvalue weighted by Crippen LogP contribution is -2.33. The molecule has 1 N–H and O–H groups in total. The third-order valence-corrected chi connectivity index (χ3v) is 6.13. The number of nitrogens with zero attached hydrogens (tertiary/aromatic N) is 1. The molecule has 0 spiro atoms. The first-order valence-corrected chi connectivity index (χ1v) is 10.3. The standard InChI is InChI=1S/C22H17Cl2NO3S/c1-2-11-25(20(26)12-15-16(23)9-6-10-17(15)24)18-13-19(29-21(18)22(27)28)14-7-4-3-5-8-14/h2-10,13H,1,11-12H2,(H,27,28). The van der Waals surface area contributed by atoms with Crippen LogP contribution in [0.25, 0.3) is 10.4 Å². The van der Waals surface area contributed by atoms with Crippen molar-refractivity contribution in [3.8, 4) is 10.4 Å². The zero-order chi connectivity index (χ0) is 21.0. The van der Waals surface area contributed by atoms with E-state index in [1.54, 1.807) is 30.3 Å². The summed E-state index contributed by atoms with van der Waals surface area (Å²) in [6.07, 6.45) is 1.50. The molecule has 0 aliphatic rings. The van der Waals surface area contributed by atoms with Crippen LogP contribution in [0.2, 0.25) is 10.0 Å². The van der Waals surface area contributed by atoms with Crippen molar-refractivity contribution in [3.63, 3.8) is 0 Å². The second-order valence-corrected chi connectivity index (χ2v) is 8.03. The molecule has 4 nitrogen and oxygen atoms in total. The van der Waals surface area contributed by atoms with Crippen molar-refractivity contribution >= 4 is 52.1 Å². The number of halogens is 2. The Kier molecular flexibility index (Phi) is 6.75. The summed E-state index contributed by atoms with van der Waals surface area (Å²) in [5.74, 6) is -1.41.